The van der Waals surface area contributed by atoms with Crippen LogP contribution in [0.1, 0.15) is 49.9 Å². The fourth-order valence-electron chi connectivity index (χ4n) is 3.75. The minimum absolute atomic E-state index is 0.215. The van der Waals surface area contributed by atoms with Gasteiger partial charge in [-0.25, -0.2) is 4.79 Å². The number of nitriles is 1. The van der Waals surface area contributed by atoms with E-state index in [1.54, 1.807) is 31.2 Å². The van der Waals surface area contributed by atoms with Crippen LogP contribution in [0.5, 0.6) is 0 Å². The number of hydrogen-bond donors (Lipinski definition) is 2. The van der Waals surface area contributed by atoms with Crippen molar-refractivity contribution in [3.8, 4) is 6.07 Å². The average molecular weight is 418 g/mol. The first-order chi connectivity index (χ1) is 14.7. The molecule has 160 valence electrons. The third kappa shape index (κ3) is 4.75. The Labute approximate surface area is 182 Å². The Morgan fingerprint density at radius 1 is 1.16 bits per heavy atom. The van der Waals surface area contributed by atoms with Crippen LogP contribution in [-0.2, 0) is 15.1 Å². The molecular weight excluding hydrogens is 392 g/mol. The van der Waals surface area contributed by atoms with Gasteiger partial charge in [0.2, 0.25) is 5.91 Å². The summed E-state index contributed by atoms with van der Waals surface area (Å²) in [6, 6.07) is 17.3. The van der Waals surface area contributed by atoms with Crippen LogP contribution >= 0.6 is 0 Å². The van der Waals surface area contributed by atoms with Crippen LogP contribution in [0, 0.1) is 17.2 Å². The summed E-state index contributed by atoms with van der Waals surface area (Å²) in [5.41, 5.74) is 0.520. The van der Waals surface area contributed by atoms with Crippen LogP contribution in [0.4, 0.5) is 4.79 Å². The van der Waals surface area contributed by atoms with Gasteiger partial charge in [0.25, 0.3) is 5.91 Å². The molecule has 1 saturated heterocycles. The van der Waals surface area contributed by atoms with E-state index >= 15 is 0 Å². The maximum Gasteiger partial charge on any atom is 0.325 e. The lowest BCUT2D eigenvalue weighted by molar-refractivity contribution is -0.135. The zero-order valence-corrected chi connectivity index (χ0v) is 17.9. The second-order valence-electron chi connectivity index (χ2n) is 8.30. The number of nitrogens with one attached hydrogen (secondary N) is 2. The zero-order valence-electron chi connectivity index (χ0n) is 17.9. The Morgan fingerprint density at radius 2 is 1.87 bits per heavy atom. The molecule has 7 nitrogen and oxygen atoms in total. The Morgan fingerprint density at radius 3 is 2.52 bits per heavy atom. The first-order valence-electron chi connectivity index (χ1n) is 10.2. The summed E-state index contributed by atoms with van der Waals surface area (Å²) in [5.74, 6) is -0.589. The normalized spacial score (nSPS) is 19.1. The number of amides is 4. The lowest BCUT2D eigenvalue weighted by Gasteiger charge is -2.24. The van der Waals surface area contributed by atoms with E-state index in [9.17, 15) is 14.4 Å². The van der Waals surface area contributed by atoms with Crippen LogP contribution in [-0.4, -0.2) is 29.3 Å². The second-order valence-corrected chi connectivity index (χ2v) is 8.30. The number of rotatable bonds is 7. The summed E-state index contributed by atoms with van der Waals surface area (Å²) >= 11 is 0. The summed E-state index contributed by atoms with van der Waals surface area (Å²) in [5, 5.41) is 14.8. The molecule has 0 radical (unpaired) electrons. The van der Waals surface area contributed by atoms with E-state index < -0.39 is 23.4 Å². The zero-order chi connectivity index (χ0) is 22.6. The number of nitrogens with zero attached hydrogens (tertiary/aromatic N) is 2. The minimum Gasteiger partial charge on any atom is -0.348 e. The van der Waals surface area contributed by atoms with Crippen molar-refractivity contribution >= 4 is 17.8 Å². The number of urea groups is 1. The van der Waals surface area contributed by atoms with Crippen molar-refractivity contribution in [2.75, 3.05) is 6.54 Å². The predicted molar refractivity (Wildman–Crippen MR) is 116 cm³/mol. The van der Waals surface area contributed by atoms with Gasteiger partial charge in [0.15, 0.2) is 0 Å². The molecule has 0 aliphatic carbocycles. The molecule has 1 aliphatic heterocycles. The van der Waals surface area contributed by atoms with E-state index in [0.29, 0.717) is 17.0 Å². The molecule has 2 aromatic rings. The van der Waals surface area contributed by atoms with Crippen LogP contribution in [0.3, 0.4) is 0 Å². The molecule has 31 heavy (non-hydrogen) atoms. The maximum atomic E-state index is 13.1. The molecule has 4 amide bonds. The van der Waals surface area contributed by atoms with Gasteiger partial charge in [0.1, 0.15) is 12.1 Å². The van der Waals surface area contributed by atoms with Crippen LogP contribution in [0.2, 0.25) is 0 Å². The summed E-state index contributed by atoms with van der Waals surface area (Å²) in [4.78, 5) is 39.3. The quantitative estimate of drug-likeness (QED) is 0.674. The standard InChI is InChI=1S/C24H26N4O3/c1-16(2)12-20(18-9-5-4-6-10-18)26-21(29)15-28-22(30)24(3,27-23(28)31)19-11-7-8-17(13-19)14-25/h4-11,13,16,20H,12,15H2,1-3H3,(H,26,29)(H,27,31). The summed E-state index contributed by atoms with van der Waals surface area (Å²) in [6.45, 7) is 5.34. The fraction of sp³-hybridized carbons (Fsp3) is 0.333. The third-order valence-electron chi connectivity index (χ3n) is 5.39. The van der Waals surface area contributed by atoms with Gasteiger partial charge in [0, 0.05) is 0 Å². The molecule has 3 rings (SSSR count). The predicted octanol–water partition coefficient (Wildman–Crippen LogP) is 3.23. The molecule has 2 N–H and O–H groups in total. The SMILES string of the molecule is CC(C)CC(NC(=O)CN1C(=O)NC(C)(c2cccc(C#N)c2)C1=O)c1ccccc1. The van der Waals surface area contributed by atoms with Crippen molar-refractivity contribution in [3.05, 3.63) is 71.3 Å². The molecule has 2 atom stereocenters. The third-order valence-corrected chi connectivity index (χ3v) is 5.39. The van der Waals surface area contributed by atoms with E-state index in [0.717, 1.165) is 16.9 Å². The van der Waals surface area contributed by atoms with Crippen LogP contribution in [0.25, 0.3) is 0 Å². The van der Waals surface area contributed by atoms with Crippen molar-refractivity contribution in [1.82, 2.24) is 15.5 Å². The average Bonchev–Trinajstić information content (AvgIpc) is 2.97. The van der Waals surface area contributed by atoms with Crippen LogP contribution in [0.15, 0.2) is 54.6 Å². The molecule has 1 heterocycles. The summed E-state index contributed by atoms with van der Waals surface area (Å²) in [6.07, 6.45) is 0.731. The molecule has 0 saturated carbocycles. The lowest BCUT2D eigenvalue weighted by Crippen LogP contribution is -2.44. The van der Waals surface area contributed by atoms with E-state index in [1.165, 1.54) is 0 Å². The van der Waals surface area contributed by atoms with Crippen molar-refractivity contribution in [2.24, 2.45) is 5.92 Å². The van der Waals surface area contributed by atoms with Crippen molar-refractivity contribution in [2.45, 2.75) is 38.8 Å². The number of imide groups is 1. The molecule has 0 aromatic heterocycles. The Kier molecular flexibility index (Phi) is 6.40. The van der Waals surface area contributed by atoms with E-state index in [1.807, 2.05) is 36.4 Å². The van der Waals surface area contributed by atoms with Gasteiger partial charge >= 0.3 is 6.03 Å². The number of carbonyl (C=O) groups excluding carboxylic acids is 3. The topological polar surface area (TPSA) is 102 Å². The lowest BCUT2D eigenvalue weighted by atomic mass is 9.91. The molecule has 2 unspecified atom stereocenters. The highest BCUT2D eigenvalue weighted by Gasteiger charge is 2.49. The van der Waals surface area contributed by atoms with Gasteiger partial charge in [-0.2, -0.15) is 5.26 Å². The van der Waals surface area contributed by atoms with Gasteiger partial charge in [0.05, 0.1) is 17.7 Å². The van der Waals surface area contributed by atoms with Crippen molar-refractivity contribution in [3.63, 3.8) is 0 Å². The van der Waals surface area contributed by atoms with Crippen molar-refractivity contribution < 1.29 is 14.4 Å². The summed E-state index contributed by atoms with van der Waals surface area (Å²) < 4.78 is 0. The fourth-order valence-corrected chi connectivity index (χ4v) is 3.75. The first kappa shape index (κ1) is 22.0. The first-order valence-corrected chi connectivity index (χ1v) is 10.2. The van der Waals surface area contributed by atoms with Crippen molar-refractivity contribution in [1.29, 1.82) is 5.26 Å². The largest absolute Gasteiger partial charge is 0.348 e. The van der Waals surface area contributed by atoms with Gasteiger partial charge in [-0.3, -0.25) is 14.5 Å². The van der Waals surface area contributed by atoms with Gasteiger partial charge in [-0.15, -0.1) is 0 Å². The molecule has 2 aromatic carbocycles. The highest BCUT2D eigenvalue weighted by molar-refractivity contribution is 6.09. The monoisotopic (exact) mass is 418 g/mol. The number of carbonyl (C=O) groups is 3. The summed E-state index contributed by atoms with van der Waals surface area (Å²) in [7, 11) is 0. The minimum atomic E-state index is -1.33. The molecule has 7 heteroatoms. The Balaban J connectivity index is 1.75. The van der Waals surface area contributed by atoms with Crippen LogP contribution < -0.4 is 10.6 Å². The smallest absolute Gasteiger partial charge is 0.325 e. The van der Waals surface area contributed by atoms with E-state index in [-0.39, 0.29) is 12.6 Å². The molecule has 0 bridgehead atoms. The second kappa shape index (κ2) is 9.00. The highest BCUT2D eigenvalue weighted by atomic mass is 16.2. The Bertz CT molecular complexity index is 1030. The van der Waals surface area contributed by atoms with Gasteiger partial charge in [-0.05, 0) is 42.5 Å². The molecule has 0 spiro atoms. The number of hydrogen-bond acceptors (Lipinski definition) is 4. The van der Waals surface area contributed by atoms with Gasteiger partial charge < -0.3 is 10.6 Å². The molecule has 1 aliphatic rings. The number of benzene rings is 2. The maximum absolute atomic E-state index is 13.1. The molecular formula is C24H26N4O3. The highest BCUT2D eigenvalue weighted by Crippen LogP contribution is 2.29. The molecule has 1 fully saturated rings. The van der Waals surface area contributed by atoms with E-state index in [4.69, 9.17) is 5.26 Å². The van der Waals surface area contributed by atoms with E-state index in [2.05, 4.69) is 24.5 Å². The Hall–Kier alpha value is -3.66. The van der Waals surface area contributed by atoms with Gasteiger partial charge in [-0.1, -0.05) is 56.3 Å².